The standard InChI is InChI=1S/C11H11ClN4O/c12-8-1-2-9(10(13)3-8)11(17)14-4-7-5-15-16-6-7/h1-3,5-6H,4,13H2,(H,14,17)(H,15,16). The number of amides is 1. The highest BCUT2D eigenvalue weighted by atomic mass is 35.5. The number of halogens is 1. The van der Waals surface area contributed by atoms with E-state index in [0.717, 1.165) is 5.56 Å². The molecule has 4 N–H and O–H groups in total. The summed E-state index contributed by atoms with van der Waals surface area (Å²) in [6, 6.07) is 4.78. The molecule has 0 atom stereocenters. The van der Waals surface area contributed by atoms with Crippen molar-refractivity contribution in [3.8, 4) is 0 Å². The summed E-state index contributed by atoms with van der Waals surface area (Å²) in [5, 5.41) is 9.70. The fraction of sp³-hybridized carbons (Fsp3) is 0.0909. The molecular weight excluding hydrogens is 240 g/mol. The van der Waals surface area contributed by atoms with Crippen LogP contribution < -0.4 is 11.1 Å². The summed E-state index contributed by atoms with van der Waals surface area (Å²) in [5.41, 5.74) is 7.38. The van der Waals surface area contributed by atoms with Gasteiger partial charge in [-0.3, -0.25) is 9.89 Å². The summed E-state index contributed by atoms with van der Waals surface area (Å²) in [5.74, 6) is -0.236. The number of aromatic nitrogens is 2. The summed E-state index contributed by atoms with van der Waals surface area (Å²) in [6.07, 6.45) is 3.36. The second kappa shape index (κ2) is 4.88. The van der Waals surface area contributed by atoms with Crippen LogP contribution in [0.5, 0.6) is 0 Å². The van der Waals surface area contributed by atoms with E-state index in [-0.39, 0.29) is 5.91 Å². The molecule has 1 amide bonds. The van der Waals surface area contributed by atoms with Crippen molar-refractivity contribution in [1.29, 1.82) is 0 Å². The Labute approximate surface area is 103 Å². The fourth-order valence-corrected chi connectivity index (χ4v) is 1.57. The molecule has 0 fully saturated rings. The fourth-order valence-electron chi connectivity index (χ4n) is 1.39. The number of anilines is 1. The number of nitrogens with one attached hydrogen (secondary N) is 2. The lowest BCUT2D eigenvalue weighted by Gasteiger charge is -2.06. The van der Waals surface area contributed by atoms with Crippen LogP contribution in [0.25, 0.3) is 0 Å². The van der Waals surface area contributed by atoms with E-state index in [9.17, 15) is 4.79 Å². The Bertz CT molecular complexity index is 524. The second-order valence-corrected chi connectivity index (χ2v) is 3.96. The molecule has 6 heteroatoms. The number of hydrogen-bond acceptors (Lipinski definition) is 3. The van der Waals surface area contributed by atoms with Crippen LogP contribution in [0.3, 0.4) is 0 Å². The third kappa shape index (κ3) is 2.76. The largest absolute Gasteiger partial charge is 0.398 e. The first kappa shape index (κ1) is 11.5. The van der Waals surface area contributed by atoms with E-state index in [1.165, 1.54) is 0 Å². The maximum Gasteiger partial charge on any atom is 0.253 e. The van der Waals surface area contributed by atoms with Gasteiger partial charge in [0.1, 0.15) is 0 Å². The lowest BCUT2D eigenvalue weighted by Crippen LogP contribution is -2.23. The van der Waals surface area contributed by atoms with E-state index >= 15 is 0 Å². The van der Waals surface area contributed by atoms with E-state index in [2.05, 4.69) is 15.5 Å². The van der Waals surface area contributed by atoms with Crippen LogP contribution in [0.2, 0.25) is 5.02 Å². The van der Waals surface area contributed by atoms with Crippen molar-refractivity contribution in [2.75, 3.05) is 5.73 Å². The molecule has 0 bridgehead atoms. The molecule has 5 nitrogen and oxygen atoms in total. The summed E-state index contributed by atoms with van der Waals surface area (Å²) in [4.78, 5) is 11.8. The van der Waals surface area contributed by atoms with Crippen molar-refractivity contribution in [1.82, 2.24) is 15.5 Å². The van der Waals surface area contributed by atoms with Crippen molar-refractivity contribution in [2.24, 2.45) is 0 Å². The first-order chi connectivity index (χ1) is 8.16. The van der Waals surface area contributed by atoms with E-state index in [1.54, 1.807) is 30.6 Å². The maximum atomic E-state index is 11.8. The average molecular weight is 251 g/mol. The smallest absolute Gasteiger partial charge is 0.253 e. The quantitative estimate of drug-likeness (QED) is 0.723. The van der Waals surface area contributed by atoms with Crippen LogP contribution in [-0.2, 0) is 6.54 Å². The molecule has 88 valence electrons. The zero-order chi connectivity index (χ0) is 12.3. The number of carbonyl (C=O) groups excluding carboxylic acids is 1. The summed E-state index contributed by atoms with van der Waals surface area (Å²) in [7, 11) is 0. The molecule has 0 spiro atoms. The molecule has 2 rings (SSSR count). The molecule has 1 aromatic heterocycles. The number of nitrogens with two attached hydrogens (primary N) is 1. The molecule has 0 aliphatic carbocycles. The van der Waals surface area contributed by atoms with Crippen molar-refractivity contribution >= 4 is 23.2 Å². The minimum atomic E-state index is -0.236. The average Bonchev–Trinajstić information content (AvgIpc) is 2.78. The Morgan fingerprint density at radius 3 is 3.00 bits per heavy atom. The lowest BCUT2D eigenvalue weighted by molar-refractivity contribution is 0.0952. The number of aromatic amines is 1. The van der Waals surface area contributed by atoms with Crippen LogP contribution in [0.15, 0.2) is 30.6 Å². The van der Waals surface area contributed by atoms with E-state index in [1.807, 2.05) is 0 Å². The van der Waals surface area contributed by atoms with Gasteiger partial charge in [-0.15, -0.1) is 0 Å². The van der Waals surface area contributed by atoms with Gasteiger partial charge in [-0.25, -0.2) is 0 Å². The Kier molecular flexibility index (Phi) is 3.30. The predicted molar refractivity (Wildman–Crippen MR) is 65.6 cm³/mol. The number of carbonyl (C=O) groups is 1. The zero-order valence-corrected chi connectivity index (χ0v) is 9.66. The minimum absolute atomic E-state index is 0.236. The molecule has 0 saturated heterocycles. The van der Waals surface area contributed by atoms with Crippen LogP contribution in [0, 0.1) is 0 Å². The van der Waals surface area contributed by atoms with Crippen LogP contribution >= 0.6 is 11.6 Å². The summed E-state index contributed by atoms with van der Waals surface area (Å²) in [6.45, 7) is 0.400. The monoisotopic (exact) mass is 250 g/mol. The van der Waals surface area contributed by atoms with Crippen LogP contribution in [0.1, 0.15) is 15.9 Å². The minimum Gasteiger partial charge on any atom is -0.398 e. The van der Waals surface area contributed by atoms with Crippen molar-refractivity contribution in [3.05, 3.63) is 46.7 Å². The van der Waals surface area contributed by atoms with Gasteiger partial charge in [-0.05, 0) is 18.2 Å². The third-order valence-electron chi connectivity index (χ3n) is 2.27. The molecule has 0 saturated carbocycles. The van der Waals surface area contributed by atoms with E-state index < -0.39 is 0 Å². The number of hydrogen-bond donors (Lipinski definition) is 3. The molecule has 0 radical (unpaired) electrons. The zero-order valence-electron chi connectivity index (χ0n) is 8.90. The molecule has 17 heavy (non-hydrogen) atoms. The molecular formula is C11H11ClN4O. The Morgan fingerprint density at radius 1 is 1.53 bits per heavy atom. The van der Waals surface area contributed by atoms with Gasteiger partial charge < -0.3 is 11.1 Å². The number of benzene rings is 1. The maximum absolute atomic E-state index is 11.8. The van der Waals surface area contributed by atoms with Gasteiger partial charge in [-0.1, -0.05) is 11.6 Å². The highest BCUT2D eigenvalue weighted by Crippen LogP contribution is 2.17. The van der Waals surface area contributed by atoms with Crippen molar-refractivity contribution < 1.29 is 4.79 Å². The van der Waals surface area contributed by atoms with E-state index in [0.29, 0.717) is 22.8 Å². The first-order valence-corrected chi connectivity index (χ1v) is 5.35. The van der Waals surface area contributed by atoms with Gasteiger partial charge in [0, 0.05) is 29.0 Å². The molecule has 2 aromatic rings. The van der Waals surface area contributed by atoms with Crippen LogP contribution in [-0.4, -0.2) is 16.1 Å². The van der Waals surface area contributed by atoms with Gasteiger partial charge in [0.15, 0.2) is 0 Å². The van der Waals surface area contributed by atoms with Gasteiger partial charge >= 0.3 is 0 Å². The van der Waals surface area contributed by atoms with Gasteiger partial charge in [0.25, 0.3) is 5.91 Å². The van der Waals surface area contributed by atoms with Gasteiger partial charge in [0.2, 0.25) is 0 Å². The Balaban J connectivity index is 2.04. The number of nitrogen functional groups attached to an aromatic ring is 1. The topological polar surface area (TPSA) is 83.8 Å². The molecule has 0 aliphatic heterocycles. The van der Waals surface area contributed by atoms with Crippen molar-refractivity contribution in [3.63, 3.8) is 0 Å². The third-order valence-corrected chi connectivity index (χ3v) is 2.50. The highest BCUT2D eigenvalue weighted by molar-refractivity contribution is 6.31. The number of H-pyrrole nitrogens is 1. The molecule has 1 heterocycles. The first-order valence-electron chi connectivity index (χ1n) is 4.97. The SMILES string of the molecule is Nc1cc(Cl)ccc1C(=O)NCc1cn[nH]c1. The second-order valence-electron chi connectivity index (χ2n) is 3.52. The highest BCUT2D eigenvalue weighted by Gasteiger charge is 2.09. The van der Waals surface area contributed by atoms with Gasteiger partial charge in [0.05, 0.1) is 11.8 Å². The van der Waals surface area contributed by atoms with Crippen molar-refractivity contribution in [2.45, 2.75) is 6.54 Å². The van der Waals surface area contributed by atoms with Gasteiger partial charge in [-0.2, -0.15) is 5.10 Å². The summed E-state index contributed by atoms with van der Waals surface area (Å²) < 4.78 is 0. The lowest BCUT2D eigenvalue weighted by atomic mass is 10.1. The number of rotatable bonds is 3. The predicted octanol–water partition coefficient (Wildman–Crippen LogP) is 1.58. The van der Waals surface area contributed by atoms with E-state index in [4.69, 9.17) is 17.3 Å². The molecule has 1 aromatic carbocycles. The molecule has 0 aliphatic rings. The summed E-state index contributed by atoms with van der Waals surface area (Å²) >= 11 is 5.76. The Morgan fingerprint density at radius 2 is 2.35 bits per heavy atom. The Hall–Kier alpha value is -2.01. The molecule has 0 unspecified atom stereocenters. The number of nitrogens with zero attached hydrogens (tertiary/aromatic N) is 1. The van der Waals surface area contributed by atoms with Crippen LogP contribution in [0.4, 0.5) is 5.69 Å². The normalized spacial score (nSPS) is 10.2.